The van der Waals surface area contributed by atoms with Crippen LogP contribution < -0.4 is 5.32 Å². The first-order valence-corrected chi connectivity index (χ1v) is 5.61. The van der Waals surface area contributed by atoms with E-state index in [1.54, 1.807) is 12.1 Å². The van der Waals surface area contributed by atoms with E-state index in [1.807, 2.05) is 20.2 Å². The second-order valence-corrected chi connectivity index (χ2v) is 4.18. The minimum atomic E-state index is -0.477. The Kier molecular flexibility index (Phi) is 5.08. The van der Waals surface area contributed by atoms with Crippen molar-refractivity contribution in [1.29, 1.82) is 5.26 Å². The summed E-state index contributed by atoms with van der Waals surface area (Å²) in [5.41, 5.74) is 0.692. The Morgan fingerprint density at radius 3 is 2.78 bits per heavy atom. The van der Waals surface area contributed by atoms with Crippen molar-refractivity contribution in [2.45, 2.75) is 6.42 Å². The fourth-order valence-corrected chi connectivity index (χ4v) is 1.52. The minimum Gasteiger partial charge on any atom is -0.379 e. The maximum absolute atomic E-state index is 10.9. The molecule has 0 unspecified atom stereocenters. The number of rotatable bonds is 6. The summed E-state index contributed by atoms with van der Waals surface area (Å²) in [5, 5.41) is 22.6. The molecule has 0 bridgehead atoms. The third-order valence-electron chi connectivity index (χ3n) is 2.42. The Morgan fingerprint density at radius 1 is 1.50 bits per heavy atom. The SMILES string of the molecule is CN(C)CCCNc1ccc(C#N)cc1[N+](=O)[O-]. The van der Waals surface area contributed by atoms with Gasteiger partial charge in [0.1, 0.15) is 5.69 Å². The van der Waals surface area contributed by atoms with E-state index >= 15 is 0 Å². The van der Waals surface area contributed by atoms with E-state index in [9.17, 15) is 10.1 Å². The predicted molar refractivity (Wildman–Crippen MR) is 69.5 cm³/mol. The number of benzene rings is 1. The summed E-state index contributed by atoms with van der Waals surface area (Å²) in [5.74, 6) is 0. The first-order chi connectivity index (χ1) is 8.54. The summed E-state index contributed by atoms with van der Waals surface area (Å²) >= 11 is 0. The number of nitrogens with zero attached hydrogens (tertiary/aromatic N) is 3. The summed E-state index contributed by atoms with van der Waals surface area (Å²) in [7, 11) is 3.95. The second kappa shape index (κ2) is 6.57. The highest BCUT2D eigenvalue weighted by molar-refractivity contribution is 5.63. The molecule has 0 aliphatic heterocycles. The van der Waals surface area contributed by atoms with Crippen LogP contribution in [0.5, 0.6) is 0 Å². The molecule has 96 valence electrons. The molecule has 0 aromatic heterocycles. The van der Waals surface area contributed by atoms with Gasteiger partial charge in [0, 0.05) is 12.6 Å². The van der Waals surface area contributed by atoms with Crippen molar-refractivity contribution >= 4 is 11.4 Å². The average molecular weight is 248 g/mol. The molecule has 0 saturated heterocycles. The molecule has 0 amide bonds. The van der Waals surface area contributed by atoms with Gasteiger partial charge >= 0.3 is 0 Å². The largest absolute Gasteiger partial charge is 0.379 e. The lowest BCUT2D eigenvalue weighted by atomic mass is 10.2. The Hall–Kier alpha value is -2.13. The highest BCUT2D eigenvalue weighted by Gasteiger charge is 2.13. The molecule has 1 N–H and O–H groups in total. The second-order valence-electron chi connectivity index (χ2n) is 4.18. The van der Waals surface area contributed by atoms with Gasteiger partial charge in [-0.2, -0.15) is 5.26 Å². The lowest BCUT2D eigenvalue weighted by Gasteiger charge is -2.10. The van der Waals surface area contributed by atoms with Crippen LogP contribution in [0.25, 0.3) is 0 Å². The zero-order valence-corrected chi connectivity index (χ0v) is 10.5. The van der Waals surface area contributed by atoms with Gasteiger partial charge in [0.2, 0.25) is 0 Å². The Labute approximate surface area is 106 Å². The molecule has 0 spiro atoms. The van der Waals surface area contributed by atoms with Crippen LogP contribution >= 0.6 is 0 Å². The van der Waals surface area contributed by atoms with Crippen molar-refractivity contribution in [3.63, 3.8) is 0 Å². The van der Waals surface area contributed by atoms with E-state index in [1.165, 1.54) is 6.07 Å². The molecule has 0 atom stereocenters. The molecule has 6 heteroatoms. The minimum absolute atomic E-state index is 0.0566. The van der Waals surface area contributed by atoms with Gasteiger partial charge in [0.05, 0.1) is 16.6 Å². The van der Waals surface area contributed by atoms with Crippen LogP contribution in [0.3, 0.4) is 0 Å². The van der Waals surface area contributed by atoms with E-state index in [0.29, 0.717) is 17.8 Å². The Morgan fingerprint density at radius 2 is 2.22 bits per heavy atom. The highest BCUT2D eigenvalue weighted by atomic mass is 16.6. The summed E-state index contributed by atoms with van der Waals surface area (Å²) in [4.78, 5) is 12.5. The third-order valence-corrected chi connectivity index (χ3v) is 2.42. The number of nitro benzene ring substituents is 1. The van der Waals surface area contributed by atoms with Gasteiger partial charge in [-0.15, -0.1) is 0 Å². The average Bonchev–Trinajstić information content (AvgIpc) is 2.34. The molecule has 1 aromatic carbocycles. The molecular formula is C12H16N4O2. The fourth-order valence-electron chi connectivity index (χ4n) is 1.52. The third kappa shape index (κ3) is 4.03. The standard InChI is InChI=1S/C12H16N4O2/c1-15(2)7-3-6-14-11-5-4-10(9-13)8-12(11)16(17)18/h4-5,8,14H,3,6-7H2,1-2H3. The normalized spacial score (nSPS) is 10.1. The van der Waals surface area contributed by atoms with Gasteiger partial charge in [0.25, 0.3) is 5.69 Å². The highest BCUT2D eigenvalue weighted by Crippen LogP contribution is 2.25. The van der Waals surface area contributed by atoms with Crippen LogP contribution in [0.2, 0.25) is 0 Å². The van der Waals surface area contributed by atoms with Gasteiger partial charge in [-0.3, -0.25) is 10.1 Å². The first-order valence-electron chi connectivity index (χ1n) is 5.61. The fraction of sp³-hybridized carbons (Fsp3) is 0.417. The smallest absolute Gasteiger partial charge is 0.293 e. The molecule has 6 nitrogen and oxygen atoms in total. The molecule has 0 aliphatic carbocycles. The van der Waals surface area contributed by atoms with Crippen molar-refractivity contribution in [3.05, 3.63) is 33.9 Å². The molecule has 0 aliphatic rings. The molecule has 1 aromatic rings. The molecule has 1 rings (SSSR count). The molecular weight excluding hydrogens is 232 g/mol. The van der Waals surface area contributed by atoms with Crippen LogP contribution in [-0.2, 0) is 0 Å². The quantitative estimate of drug-likeness (QED) is 0.472. The number of hydrogen-bond donors (Lipinski definition) is 1. The molecule has 0 heterocycles. The topological polar surface area (TPSA) is 82.2 Å². The van der Waals surface area contributed by atoms with Crippen molar-refractivity contribution < 1.29 is 4.92 Å². The van der Waals surface area contributed by atoms with Gasteiger partial charge < -0.3 is 10.2 Å². The van der Waals surface area contributed by atoms with Gasteiger partial charge in [0.15, 0.2) is 0 Å². The van der Waals surface area contributed by atoms with E-state index in [0.717, 1.165) is 13.0 Å². The number of nitriles is 1. The van der Waals surface area contributed by atoms with Gasteiger partial charge in [-0.25, -0.2) is 0 Å². The maximum Gasteiger partial charge on any atom is 0.293 e. The van der Waals surface area contributed by atoms with Crippen LogP contribution in [0.4, 0.5) is 11.4 Å². The van der Waals surface area contributed by atoms with Crippen molar-refractivity contribution in [2.75, 3.05) is 32.5 Å². The summed E-state index contributed by atoms with van der Waals surface area (Å²) < 4.78 is 0. The summed E-state index contributed by atoms with van der Waals surface area (Å²) in [6, 6.07) is 6.33. The zero-order chi connectivity index (χ0) is 13.5. The summed E-state index contributed by atoms with van der Waals surface area (Å²) in [6.45, 7) is 1.57. The van der Waals surface area contributed by atoms with E-state index in [4.69, 9.17) is 5.26 Å². The molecule has 18 heavy (non-hydrogen) atoms. The zero-order valence-electron chi connectivity index (χ0n) is 10.5. The number of nitro groups is 1. The van der Waals surface area contributed by atoms with Crippen LogP contribution in [0, 0.1) is 21.4 Å². The summed E-state index contributed by atoms with van der Waals surface area (Å²) in [6.07, 6.45) is 0.893. The van der Waals surface area contributed by atoms with Gasteiger partial charge in [-0.1, -0.05) is 0 Å². The molecule has 0 radical (unpaired) electrons. The molecule has 0 saturated carbocycles. The van der Waals surface area contributed by atoms with Crippen LogP contribution in [-0.4, -0.2) is 37.0 Å². The number of nitrogens with one attached hydrogen (secondary N) is 1. The number of anilines is 1. The van der Waals surface area contributed by atoms with E-state index < -0.39 is 4.92 Å². The van der Waals surface area contributed by atoms with Gasteiger partial charge in [-0.05, 0) is 39.2 Å². The Bertz CT molecular complexity index is 466. The monoisotopic (exact) mass is 248 g/mol. The lowest BCUT2D eigenvalue weighted by Crippen LogP contribution is -2.16. The maximum atomic E-state index is 10.9. The van der Waals surface area contributed by atoms with E-state index in [-0.39, 0.29) is 5.69 Å². The van der Waals surface area contributed by atoms with Crippen molar-refractivity contribution in [2.24, 2.45) is 0 Å². The van der Waals surface area contributed by atoms with Crippen LogP contribution in [0.1, 0.15) is 12.0 Å². The van der Waals surface area contributed by atoms with Crippen molar-refractivity contribution in [3.8, 4) is 6.07 Å². The van der Waals surface area contributed by atoms with E-state index in [2.05, 4.69) is 10.2 Å². The predicted octanol–water partition coefficient (Wildman–Crippen LogP) is 1.83. The first kappa shape index (κ1) is 13.9. The Balaban J connectivity index is 2.70. The lowest BCUT2D eigenvalue weighted by molar-refractivity contribution is -0.384. The van der Waals surface area contributed by atoms with Crippen molar-refractivity contribution in [1.82, 2.24) is 4.90 Å². The molecule has 0 fully saturated rings. The number of hydrogen-bond acceptors (Lipinski definition) is 5. The van der Waals surface area contributed by atoms with Crippen LogP contribution in [0.15, 0.2) is 18.2 Å².